The molecule has 2 aromatic rings. The van der Waals surface area contributed by atoms with Crippen molar-refractivity contribution in [2.24, 2.45) is 0 Å². The molecule has 0 radical (unpaired) electrons. The number of halogens is 6. The van der Waals surface area contributed by atoms with E-state index in [0.29, 0.717) is 19.2 Å². The minimum atomic E-state index is -4.89. The number of hydrogen-bond donors (Lipinski definition) is 1. The van der Waals surface area contributed by atoms with Crippen molar-refractivity contribution in [1.82, 2.24) is 9.71 Å². The molecule has 1 aromatic carbocycles. The molecule has 6 nitrogen and oxygen atoms in total. The van der Waals surface area contributed by atoms with Crippen LogP contribution < -0.4 is 14.4 Å². The van der Waals surface area contributed by atoms with Crippen LogP contribution in [0, 0.1) is 0 Å². The fourth-order valence-corrected chi connectivity index (χ4v) is 4.17. The molecule has 1 atom stereocenters. The number of hydrogen-bond acceptors (Lipinski definition) is 5. The molecule has 13 heteroatoms. The molecule has 0 amide bonds. The van der Waals surface area contributed by atoms with Crippen molar-refractivity contribution in [3.05, 3.63) is 48.2 Å². The third-order valence-electron chi connectivity index (χ3n) is 4.28. The highest BCUT2D eigenvalue weighted by Crippen LogP contribution is 2.30. The van der Waals surface area contributed by atoms with E-state index in [4.69, 9.17) is 0 Å². The van der Waals surface area contributed by atoms with Crippen LogP contribution in [-0.4, -0.2) is 38.9 Å². The van der Waals surface area contributed by atoms with Gasteiger partial charge in [0, 0.05) is 25.3 Å². The third kappa shape index (κ3) is 5.53. The average Bonchev–Trinajstić information content (AvgIpc) is 3.08. The normalized spacial score (nSPS) is 17.9. The Morgan fingerprint density at radius 3 is 2.23 bits per heavy atom. The zero-order chi connectivity index (χ0) is 22.2. The molecule has 30 heavy (non-hydrogen) atoms. The van der Waals surface area contributed by atoms with E-state index in [0.717, 1.165) is 30.3 Å². The van der Waals surface area contributed by atoms with E-state index in [-0.39, 0.29) is 17.3 Å². The van der Waals surface area contributed by atoms with Gasteiger partial charge in [0.2, 0.25) is 10.0 Å². The summed E-state index contributed by atoms with van der Waals surface area (Å²) in [6.07, 6.45) is -8.32. The zero-order valence-electron chi connectivity index (χ0n) is 15.0. The number of nitrogens with one attached hydrogen (secondary N) is 1. The zero-order valence-corrected chi connectivity index (χ0v) is 15.9. The number of rotatable bonds is 5. The highest BCUT2D eigenvalue weighted by atomic mass is 32.2. The molecule has 2 heterocycles. The van der Waals surface area contributed by atoms with Gasteiger partial charge in [-0.2, -0.15) is 13.2 Å². The number of nitrogens with zero attached hydrogens (tertiary/aromatic N) is 2. The third-order valence-corrected chi connectivity index (χ3v) is 5.81. The van der Waals surface area contributed by atoms with Crippen molar-refractivity contribution >= 4 is 15.8 Å². The average molecular weight is 455 g/mol. The maximum absolute atomic E-state index is 12.6. The minimum Gasteiger partial charge on any atom is -0.406 e. The molecule has 1 saturated heterocycles. The molecule has 1 unspecified atom stereocenters. The SMILES string of the molecule is O=S(=O)(NC1CCN(c2ccc(C(F)(F)F)cn2)C1)c1ccc(OC(F)(F)F)cc1. The Labute approximate surface area is 167 Å². The van der Waals surface area contributed by atoms with Crippen LogP contribution in [-0.2, 0) is 16.2 Å². The van der Waals surface area contributed by atoms with Gasteiger partial charge in [0.05, 0.1) is 10.5 Å². The molecule has 1 aromatic heterocycles. The second-order valence-corrected chi connectivity index (χ2v) is 8.19. The Balaban J connectivity index is 1.63. The molecular weight excluding hydrogens is 440 g/mol. The quantitative estimate of drug-likeness (QED) is 0.699. The summed E-state index contributed by atoms with van der Waals surface area (Å²) in [6.45, 7) is 0.538. The summed E-state index contributed by atoms with van der Waals surface area (Å²) in [7, 11) is -4.02. The Hall–Kier alpha value is -2.54. The predicted octanol–water partition coefficient (Wildman–Crippen LogP) is 3.56. The topological polar surface area (TPSA) is 71.5 Å². The first-order chi connectivity index (χ1) is 13.8. The molecular formula is C17H15F6N3O3S. The molecule has 0 aliphatic carbocycles. The number of pyridine rings is 1. The Kier molecular flexibility index (Phi) is 5.87. The molecule has 0 saturated carbocycles. The second-order valence-electron chi connectivity index (χ2n) is 6.47. The molecule has 0 spiro atoms. The number of ether oxygens (including phenoxy) is 1. The monoisotopic (exact) mass is 455 g/mol. The number of benzene rings is 1. The lowest BCUT2D eigenvalue weighted by Gasteiger charge is -2.18. The van der Waals surface area contributed by atoms with Crippen LogP contribution in [0.2, 0.25) is 0 Å². The van der Waals surface area contributed by atoms with Crippen molar-refractivity contribution in [3.63, 3.8) is 0 Å². The van der Waals surface area contributed by atoms with Crippen LogP contribution in [0.1, 0.15) is 12.0 Å². The van der Waals surface area contributed by atoms with Crippen LogP contribution >= 0.6 is 0 Å². The Morgan fingerprint density at radius 2 is 1.70 bits per heavy atom. The van der Waals surface area contributed by atoms with E-state index in [2.05, 4.69) is 14.4 Å². The van der Waals surface area contributed by atoms with E-state index < -0.39 is 39.9 Å². The summed E-state index contributed by atoms with van der Waals surface area (Å²) in [5.74, 6) is -0.278. The molecule has 3 rings (SSSR count). The van der Waals surface area contributed by atoms with Gasteiger partial charge in [0.15, 0.2) is 0 Å². The van der Waals surface area contributed by atoms with E-state index in [1.54, 1.807) is 4.90 Å². The van der Waals surface area contributed by atoms with Crippen LogP contribution in [0.3, 0.4) is 0 Å². The van der Waals surface area contributed by atoms with Crippen LogP contribution in [0.4, 0.5) is 32.2 Å². The second kappa shape index (κ2) is 7.95. The first-order valence-corrected chi connectivity index (χ1v) is 9.98. The first-order valence-electron chi connectivity index (χ1n) is 8.50. The fourth-order valence-electron chi connectivity index (χ4n) is 2.91. The van der Waals surface area contributed by atoms with E-state index in [9.17, 15) is 34.8 Å². The fraction of sp³-hybridized carbons (Fsp3) is 0.353. The van der Waals surface area contributed by atoms with Gasteiger partial charge in [0.1, 0.15) is 11.6 Å². The summed E-state index contributed by atoms with van der Waals surface area (Å²) in [5.41, 5.74) is -0.888. The van der Waals surface area contributed by atoms with Crippen molar-refractivity contribution in [1.29, 1.82) is 0 Å². The number of sulfonamides is 1. The van der Waals surface area contributed by atoms with Gasteiger partial charge in [-0.25, -0.2) is 18.1 Å². The minimum absolute atomic E-state index is 0.173. The summed E-state index contributed by atoms with van der Waals surface area (Å²) in [6, 6.07) is 5.28. The van der Waals surface area contributed by atoms with Crippen LogP contribution in [0.15, 0.2) is 47.5 Å². The molecule has 164 valence electrons. The largest absolute Gasteiger partial charge is 0.573 e. The lowest BCUT2D eigenvalue weighted by molar-refractivity contribution is -0.274. The summed E-state index contributed by atoms with van der Waals surface area (Å²) in [4.78, 5) is 5.16. The van der Waals surface area contributed by atoms with Gasteiger partial charge in [-0.15, -0.1) is 13.2 Å². The van der Waals surface area contributed by atoms with Gasteiger partial charge in [-0.05, 0) is 42.8 Å². The number of anilines is 1. The summed E-state index contributed by atoms with van der Waals surface area (Å²) >= 11 is 0. The van der Waals surface area contributed by atoms with E-state index >= 15 is 0 Å². The van der Waals surface area contributed by atoms with Gasteiger partial charge in [0.25, 0.3) is 0 Å². The summed E-state index contributed by atoms with van der Waals surface area (Å²) in [5, 5.41) is 0. The van der Waals surface area contributed by atoms with Crippen LogP contribution in [0.25, 0.3) is 0 Å². The molecule has 1 aliphatic rings. The van der Waals surface area contributed by atoms with Gasteiger partial charge in [-0.3, -0.25) is 0 Å². The molecule has 0 bridgehead atoms. The Morgan fingerprint density at radius 1 is 1.03 bits per heavy atom. The van der Waals surface area contributed by atoms with Crippen molar-refractivity contribution in [2.45, 2.75) is 29.9 Å². The van der Waals surface area contributed by atoms with E-state index in [1.165, 1.54) is 6.07 Å². The maximum Gasteiger partial charge on any atom is 0.573 e. The maximum atomic E-state index is 12.6. The lowest BCUT2D eigenvalue weighted by Crippen LogP contribution is -2.37. The van der Waals surface area contributed by atoms with Gasteiger partial charge in [-0.1, -0.05) is 0 Å². The highest BCUT2D eigenvalue weighted by Gasteiger charge is 2.33. The highest BCUT2D eigenvalue weighted by molar-refractivity contribution is 7.89. The van der Waals surface area contributed by atoms with Gasteiger partial charge < -0.3 is 9.64 Å². The molecule has 1 N–H and O–H groups in total. The Bertz CT molecular complexity index is 976. The smallest absolute Gasteiger partial charge is 0.406 e. The molecule has 1 fully saturated rings. The van der Waals surface area contributed by atoms with Crippen molar-refractivity contribution in [2.75, 3.05) is 18.0 Å². The predicted molar refractivity (Wildman–Crippen MR) is 93.3 cm³/mol. The number of alkyl halides is 6. The lowest BCUT2D eigenvalue weighted by atomic mass is 10.3. The first kappa shape index (κ1) is 22.2. The van der Waals surface area contributed by atoms with E-state index in [1.807, 2.05) is 0 Å². The van der Waals surface area contributed by atoms with Gasteiger partial charge >= 0.3 is 12.5 Å². The van der Waals surface area contributed by atoms with Crippen molar-refractivity contribution < 1.29 is 39.5 Å². The van der Waals surface area contributed by atoms with Crippen molar-refractivity contribution in [3.8, 4) is 5.75 Å². The number of aromatic nitrogens is 1. The van der Waals surface area contributed by atoms with Crippen LogP contribution in [0.5, 0.6) is 5.75 Å². The summed E-state index contributed by atoms with van der Waals surface area (Å²) < 4.78 is 105. The molecule has 1 aliphatic heterocycles. The standard InChI is InChI=1S/C17H15F6N3O3S/c18-16(19,20)11-1-6-15(24-9-11)26-8-7-12(10-26)25-30(27,28)14-4-2-13(3-5-14)29-17(21,22)23/h1-6,9,12,25H,7-8,10H2.